The average Bonchev–Trinajstić information content (AvgIpc) is 2.60. The number of rotatable bonds is 4. The van der Waals surface area contributed by atoms with Crippen LogP contribution < -0.4 is 10.1 Å². The molecule has 1 aliphatic rings. The molecule has 6 nitrogen and oxygen atoms in total. The van der Waals surface area contributed by atoms with Crippen molar-refractivity contribution >= 4 is 17.6 Å². The molecular formula is C18H27N3O3. The Morgan fingerprint density at radius 3 is 2.79 bits per heavy atom. The number of anilines is 1. The normalized spacial score (nSPS) is 17.5. The predicted molar refractivity (Wildman–Crippen MR) is 94.2 cm³/mol. The molecule has 24 heavy (non-hydrogen) atoms. The Bertz CT molecular complexity index is 589. The average molecular weight is 333 g/mol. The van der Waals surface area contributed by atoms with Crippen LogP contribution in [-0.2, 0) is 4.79 Å². The summed E-state index contributed by atoms with van der Waals surface area (Å²) in [6, 6.07) is 7.24. The van der Waals surface area contributed by atoms with Crippen molar-refractivity contribution < 1.29 is 14.3 Å². The number of nitrogens with zero attached hydrogens (tertiary/aromatic N) is 2. The van der Waals surface area contributed by atoms with Crippen molar-refractivity contribution in [3.8, 4) is 5.75 Å². The number of nitrogens with one attached hydrogen (secondary N) is 1. The fourth-order valence-corrected chi connectivity index (χ4v) is 2.81. The van der Waals surface area contributed by atoms with Crippen molar-refractivity contribution in [3.05, 3.63) is 24.3 Å². The van der Waals surface area contributed by atoms with Gasteiger partial charge in [-0.15, -0.1) is 0 Å². The second-order valence-electron chi connectivity index (χ2n) is 6.49. The van der Waals surface area contributed by atoms with Crippen molar-refractivity contribution in [3.63, 3.8) is 0 Å². The van der Waals surface area contributed by atoms with Crippen LogP contribution in [0.25, 0.3) is 0 Å². The molecule has 1 heterocycles. The standard InChI is InChI=1S/C18H27N3O3/c1-13(2)20(3)17(22)14-7-6-10-21(12-14)18(23)19-15-8-5-9-16(11-15)24-4/h5,8-9,11,13-14H,6-7,10,12H2,1-4H3,(H,19,23)/t14-/m0/s1. The van der Waals surface area contributed by atoms with Crippen LogP contribution in [0.2, 0.25) is 0 Å². The van der Waals surface area contributed by atoms with E-state index in [4.69, 9.17) is 4.74 Å². The molecule has 0 unspecified atom stereocenters. The van der Waals surface area contributed by atoms with Gasteiger partial charge in [0, 0.05) is 37.9 Å². The minimum atomic E-state index is -0.173. The zero-order valence-corrected chi connectivity index (χ0v) is 14.9. The van der Waals surface area contributed by atoms with Crippen molar-refractivity contribution in [1.82, 2.24) is 9.80 Å². The van der Waals surface area contributed by atoms with Gasteiger partial charge in [-0.25, -0.2) is 4.79 Å². The number of carbonyl (C=O) groups excluding carboxylic acids is 2. The zero-order valence-electron chi connectivity index (χ0n) is 14.9. The number of likely N-dealkylation sites (tertiary alicyclic amines) is 1. The number of piperidine rings is 1. The van der Waals surface area contributed by atoms with Gasteiger partial charge in [0.1, 0.15) is 5.75 Å². The smallest absolute Gasteiger partial charge is 0.321 e. The van der Waals surface area contributed by atoms with E-state index in [1.807, 2.05) is 39.1 Å². The summed E-state index contributed by atoms with van der Waals surface area (Å²) in [5, 5.41) is 2.88. The summed E-state index contributed by atoms with van der Waals surface area (Å²) in [5.41, 5.74) is 0.687. The third kappa shape index (κ3) is 4.40. The minimum absolute atomic E-state index is 0.115. The Balaban J connectivity index is 1.98. The van der Waals surface area contributed by atoms with Crippen LogP contribution in [0, 0.1) is 5.92 Å². The van der Waals surface area contributed by atoms with Crippen molar-refractivity contribution in [2.75, 3.05) is 32.6 Å². The van der Waals surface area contributed by atoms with Gasteiger partial charge in [0.25, 0.3) is 0 Å². The molecule has 132 valence electrons. The van der Waals surface area contributed by atoms with Crippen LogP contribution in [0.5, 0.6) is 5.75 Å². The number of urea groups is 1. The minimum Gasteiger partial charge on any atom is -0.497 e. The van der Waals surface area contributed by atoms with Gasteiger partial charge >= 0.3 is 6.03 Å². The molecule has 0 saturated carbocycles. The summed E-state index contributed by atoms with van der Waals surface area (Å²) in [4.78, 5) is 28.5. The fourth-order valence-electron chi connectivity index (χ4n) is 2.81. The zero-order chi connectivity index (χ0) is 17.7. The number of carbonyl (C=O) groups is 2. The van der Waals surface area contributed by atoms with E-state index in [9.17, 15) is 9.59 Å². The summed E-state index contributed by atoms with van der Waals surface area (Å²) in [6.45, 7) is 5.12. The van der Waals surface area contributed by atoms with E-state index in [0.29, 0.717) is 24.5 Å². The number of hydrogen-bond donors (Lipinski definition) is 1. The molecule has 1 aromatic carbocycles. The Hall–Kier alpha value is -2.24. The molecule has 1 N–H and O–H groups in total. The Morgan fingerprint density at radius 1 is 1.38 bits per heavy atom. The maximum Gasteiger partial charge on any atom is 0.321 e. The lowest BCUT2D eigenvalue weighted by Gasteiger charge is -2.35. The van der Waals surface area contributed by atoms with Gasteiger partial charge in [0.15, 0.2) is 0 Å². The molecule has 0 spiro atoms. The second-order valence-corrected chi connectivity index (χ2v) is 6.49. The van der Waals surface area contributed by atoms with Crippen LogP contribution >= 0.6 is 0 Å². The maximum absolute atomic E-state index is 12.5. The summed E-state index contributed by atoms with van der Waals surface area (Å²) in [5.74, 6) is 0.684. The van der Waals surface area contributed by atoms with Crippen LogP contribution in [0.3, 0.4) is 0 Å². The third-order valence-electron chi connectivity index (χ3n) is 4.50. The number of methoxy groups -OCH3 is 1. The lowest BCUT2D eigenvalue weighted by molar-refractivity contribution is -0.137. The van der Waals surface area contributed by atoms with E-state index in [1.54, 1.807) is 23.0 Å². The number of amides is 3. The summed E-state index contributed by atoms with van der Waals surface area (Å²) >= 11 is 0. The first-order valence-electron chi connectivity index (χ1n) is 8.39. The number of hydrogen-bond acceptors (Lipinski definition) is 3. The highest BCUT2D eigenvalue weighted by Crippen LogP contribution is 2.21. The molecule has 0 bridgehead atoms. The highest BCUT2D eigenvalue weighted by molar-refractivity contribution is 5.90. The largest absolute Gasteiger partial charge is 0.497 e. The maximum atomic E-state index is 12.5. The van der Waals surface area contributed by atoms with Gasteiger partial charge in [-0.05, 0) is 38.8 Å². The lowest BCUT2D eigenvalue weighted by Crippen LogP contribution is -2.48. The predicted octanol–water partition coefficient (Wildman–Crippen LogP) is 2.81. The van der Waals surface area contributed by atoms with Gasteiger partial charge in [0.2, 0.25) is 5.91 Å². The first kappa shape index (κ1) is 18.1. The molecule has 1 aromatic rings. The molecule has 1 atom stereocenters. The van der Waals surface area contributed by atoms with Crippen molar-refractivity contribution in [1.29, 1.82) is 0 Å². The monoisotopic (exact) mass is 333 g/mol. The molecule has 1 fully saturated rings. The van der Waals surface area contributed by atoms with Crippen LogP contribution in [0.4, 0.5) is 10.5 Å². The Kier molecular flexibility index (Phi) is 6.06. The van der Waals surface area contributed by atoms with E-state index in [-0.39, 0.29) is 23.9 Å². The quantitative estimate of drug-likeness (QED) is 0.921. The van der Waals surface area contributed by atoms with E-state index < -0.39 is 0 Å². The topological polar surface area (TPSA) is 61.9 Å². The first-order chi connectivity index (χ1) is 11.4. The van der Waals surface area contributed by atoms with Gasteiger partial charge in [-0.3, -0.25) is 4.79 Å². The van der Waals surface area contributed by atoms with Gasteiger partial charge in [-0.2, -0.15) is 0 Å². The molecule has 0 radical (unpaired) electrons. The molecule has 1 saturated heterocycles. The fraction of sp³-hybridized carbons (Fsp3) is 0.556. The lowest BCUT2D eigenvalue weighted by atomic mass is 9.96. The van der Waals surface area contributed by atoms with Crippen molar-refractivity contribution in [2.45, 2.75) is 32.7 Å². The molecule has 6 heteroatoms. The summed E-state index contributed by atoms with van der Waals surface area (Å²) < 4.78 is 5.16. The summed E-state index contributed by atoms with van der Waals surface area (Å²) in [6.07, 6.45) is 1.67. The van der Waals surface area contributed by atoms with E-state index in [0.717, 1.165) is 12.8 Å². The SMILES string of the molecule is COc1cccc(NC(=O)N2CCC[C@H](C(=O)N(C)C(C)C)C2)c1. The van der Waals surface area contributed by atoms with Crippen LogP contribution in [0.1, 0.15) is 26.7 Å². The van der Waals surface area contributed by atoms with Crippen LogP contribution in [0.15, 0.2) is 24.3 Å². The highest BCUT2D eigenvalue weighted by Gasteiger charge is 2.30. The molecular weight excluding hydrogens is 306 g/mol. The molecule has 0 aromatic heterocycles. The van der Waals surface area contributed by atoms with Gasteiger partial charge in [0.05, 0.1) is 13.0 Å². The highest BCUT2D eigenvalue weighted by atomic mass is 16.5. The van der Waals surface area contributed by atoms with Gasteiger partial charge in [-0.1, -0.05) is 6.07 Å². The Labute approximate surface area is 143 Å². The molecule has 0 aliphatic carbocycles. The van der Waals surface area contributed by atoms with E-state index in [1.165, 1.54) is 0 Å². The van der Waals surface area contributed by atoms with Crippen molar-refractivity contribution in [2.24, 2.45) is 5.92 Å². The van der Waals surface area contributed by atoms with Gasteiger partial charge < -0.3 is 19.9 Å². The summed E-state index contributed by atoms with van der Waals surface area (Å²) in [7, 11) is 3.41. The third-order valence-corrected chi connectivity index (χ3v) is 4.50. The van der Waals surface area contributed by atoms with E-state index in [2.05, 4.69) is 5.32 Å². The van der Waals surface area contributed by atoms with Crippen LogP contribution in [-0.4, -0.2) is 55.0 Å². The number of benzene rings is 1. The molecule has 1 aliphatic heterocycles. The first-order valence-corrected chi connectivity index (χ1v) is 8.39. The molecule has 3 amide bonds. The number of ether oxygens (including phenoxy) is 1. The molecule has 2 rings (SSSR count). The van der Waals surface area contributed by atoms with E-state index >= 15 is 0 Å². The second kappa shape index (κ2) is 8.04. The Morgan fingerprint density at radius 2 is 2.12 bits per heavy atom.